The van der Waals surface area contributed by atoms with E-state index in [2.05, 4.69) is 9.88 Å². The summed E-state index contributed by atoms with van der Waals surface area (Å²) in [4.78, 5) is 5.26. The molecule has 1 heterocycles. The first kappa shape index (κ1) is 14.2. The summed E-state index contributed by atoms with van der Waals surface area (Å²) in [5, 5.41) is 9.52. The van der Waals surface area contributed by atoms with Crippen molar-refractivity contribution < 1.29 is 9.84 Å². The first-order valence-corrected chi connectivity index (χ1v) is 6.06. The first-order chi connectivity index (χ1) is 8.08. The maximum atomic E-state index is 9.52. The van der Waals surface area contributed by atoms with E-state index in [-0.39, 0.29) is 12.0 Å². The van der Waals surface area contributed by atoms with Gasteiger partial charge in [0.25, 0.3) is 0 Å². The van der Waals surface area contributed by atoms with E-state index in [0.717, 1.165) is 25.3 Å². The van der Waals surface area contributed by atoms with Crippen molar-refractivity contribution >= 4 is 0 Å². The van der Waals surface area contributed by atoms with E-state index in [1.54, 1.807) is 0 Å². The Bertz CT molecular complexity index is 298. The summed E-state index contributed by atoms with van der Waals surface area (Å²) < 4.78 is 5.57. The second kappa shape index (κ2) is 6.79. The lowest BCUT2D eigenvalue weighted by Gasteiger charge is -2.26. The highest BCUT2D eigenvalue weighted by Gasteiger charge is 2.26. The van der Waals surface area contributed by atoms with E-state index in [1.807, 2.05) is 39.3 Å². The highest BCUT2D eigenvalue weighted by Crippen LogP contribution is 2.25. The molecular weight excluding hydrogens is 216 g/mol. The minimum Gasteiger partial charge on any atom is -0.395 e. The average molecular weight is 240 g/mol. The van der Waals surface area contributed by atoms with Crippen LogP contribution in [0.4, 0.5) is 0 Å². The number of likely N-dealkylation sites (N-methyl/N-ethyl adjacent to an activating group) is 1. The first-order valence-electron chi connectivity index (χ1n) is 6.06. The molecule has 0 bridgehead atoms. The lowest BCUT2D eigenvalue weighted by atomic mass is 9.84. The Morgan fingerprint density at radius 3 is 2.71 bits per heavy atom. The maximum Gasteiger partial charge on any atom is 0.0593 e. The molecule has 0 aliphatic carbocycles. The van der Waals surface area contributed by atoms with Gasteiger partial charge in [-0.1, -0.05) is 6.92 Å². The van der Waals surface area contributed by atoms with E-state index in [4.69, 9.17) is 4.74 Å². The fraction of sp³-hybridized carbons (Fsp3) is 0.692. The van der Waals surface area contributed by atoms with Gasteiger partial charge in [0.1, 0.15) is 0 Å². The number of aliphatic hydroxyl groups excluding tert-OH is 1. The summed E-state index contributed by atoms with van der Waals surface area (Å²) >= 11 is 0. The van der Waals surface area contributed by atoms with Crippen LogP contribution in [0.25, 0.3) is 0 Å². The molecule has 0 aromatic carbocycles. The Morgan fingerprint density at radius 2 is 2.18 bits per heavy atom. The molecule has 0 fully saturated rings. The SMILES string of the molecule is CN(C)CCOCCC(C)(CO)c1ccc[nH]1. The number of aromatic nitrogens is 1. The van der Waals surface area contributed by atoms with Crippen molar-refractivity contribution in [3.63, 3.8) is 0 Å². The maximum absolute atomic E-state index is 9.52. The molecule has 0 aliphatic heterocycles. The number of hydrogen-bond acceptors (Lipinski definition) is 3. The van der Waals surface area contributed by atoms with Gasteiger partial charge >= 0.3 is 0 Å². The van der Waals surface area contributed by atoms with Gasteiger partial charge in [0, 0.05) is 30.5 Å². The molecule has 0 saturated heterocycles. The minimum atomic E-state index is -0.235. The third kappa shape index (κ3) is 4.50. The predicted octanol–water partition coefficient (Wildman–Crippen LogP) is 1.23. The molecule has 17 heavy (non-hydrogen) atoms. The summed E-state index contributed by atoms with van der Waals surface area (Å²) in [5.74, 6) is 0. The quantitative estimate of drug-likeness (QED) is 0.672. The van der Waals surface area contributed by atoms with Gasteiger partial charge in [-0.05, 0) is 32.6 Å². The van der Waals surface area contributed by atoms with E-state index >= 15 is 0 Å². The summed E-state index contributed by atoms with van der Waals surface area (Å²) in [5.41, 5.74) is 0.831. The van der Waals surface area contributed by atoms with Gasteiger partial charge in [-0.15, -0.1) is 0 Å². The summed E-state index contributed by atoms with van der Waals surface area (Å²) in [6.45, 7) is 4.51. The third-order valence-corrected chi connectivity index (χ3v) is 3.08. The van der Waals surface area contributed by atoms with E-state index in [0.29, 0.717) is 6.61 Å². The molecule has 2 N–H and O–H groups in total. The molecule has 0 spiro atoms. The van der Waals surface area contributed by atoms with Crippen molar-refractivity contribution in [3.05, 3.63) is 24.0 Å². The number of ether oxygens (including phenoxy) is 1. The fourth-order valence-corrected chi connectivity index (χ4v) is 1.65. The van der Waals surface area contributed by atoms with Crippen LogP contribution in [0.5, 0.6) is 0 Å². The van der Waals surface area contributed by atoms with E-state index in [9.17, 15) is 5.11 Å². The molecule has 1 rings (SSSR count). The second-order valence-corrected chi connectivity index (χ2v) is 4.97. The summed E-state index contributed by atoms with van der Waals surface area (Å²) in [6.07, 6.45) is 2.70. The van der Waals surface area contributed by atoms with Crippen LogP contribution in [0.15, 0.2) is 18.3 Å². The van der Waals surface area contributed by atoms with Crippen LogP contribution in [-0.4, -0.2) is 55.5 Å². The summed E-state index contributed by atoms with van der Waals surface area (Å²) in [7, 11) is 4.06. The average Bonchev–Trinajstić information content (AvgIpc) is 2.82. The molecule has 0 aliphatic rings. The molecule has 1 atom stereocenters. The van der Waals surface area contributed by atoms with Crippen LogP contribution in [0.1, 0.15) is 19.0 Å². The van der Waals surface area contributed by atoms with Gasteiger partial charge in [-0.25, -0.2) is 0 Å². The van der Waals surface area contributed by atoms with Crippen LogP contribution < -0.4 is 0 Å². The monoisotopic (exact) mass is 240 g/mol. The molecule has 0 amide bonds. The second-order valence-electron chi connectivity index (χ2n) is 4.97. The Balaban J connectivity index is 2.32. The third-order valence-electron chi connectivity index (χ3n) is 3.08. The van der Waals surface area contributed by atoms with E-state index in [1.165, 1.54) is 0 Å². The normalized spacial score (nSPS) is 15.1. The number of aliphatic hydroxyl groups is 1. The lowest BCUT2D eigenvalue weighted by Crippen LogP contribution is -2.29. The molecule has 4 heteroatoms. The van der Waals surface area contributed by atoms with Gasteiger partial charge in [0.05, 0.1) is 13.2 Å². The van der Waals surface area contributed by atoms with Crippen LogP contribution >= 0.6 is 0 Å². The molecular formula is C13H24N2O2. The molecule has 1 unspecified atom stereocenters. The molecule has 0 radical (unpaired) electrons. The van der Waals surface area contributed by atoms with Crippen LogP contribution in [0.2, 0.25) is 0 Å². The zero-order valence-electron chi connectivity index (χ0n) is 11.1. The van der Waals surface area contributed by atoms with E-state index < -0.39 is 0 Å². The minimum absolute atomic E-state index is 0.130. The number of aromatic amines is 1. The van der Waals surface area contributed by atoms with Crippen molar-refractivity contribution in [2.75, 3.05) is 40.5 Å². The van der Waals surface area contributed by atoms with Crippen molar-refractivity contribution in [2.24, 2.45) is 0 Å². The highest BCUT2D eigenvalue weighted by atomic mass is 16.5. The lowest BCUT2D eigenvalue weighted by molar-refractivity contribution is 0.0871. The van der Waals surface area contributed by atoms with Crippen molar-refractivity contribution in [3.8, 4) is 0 Å². The number of nitrogens with one attached hydrogen (secondary N) is 1. The van der Waals surface area contributed by atoms with Crippen molar-refractivity contribution in [2.45, 2.75) is 18.8 Å². The number of H-pyrrole nitrogens is 1. The topological polar surface area (TPSA) is 48.5 Å². The standard InChI is InChI=1S/C13H24N2O2/c1-13(11-16,12-5-4-7-14-12)6-9-17-10-8-15(2)3/h4-5,7,14,16H,6,8-11H2,1-3H3. The molecule has 4 nitrogen and oxygen atoms in total. The number of nitrogens with zero attached hydrogens (tertiary/aromatic N) is 1. The van der Waals surface area contributed by atoms with Crippen molar-refractivity contribution in [1.29, 1.82) is 0 Å². The molecule has 1 aromatic rings. The van der Waals surface area contributed by atoms with Gasteiger partial charge in [0.2, 0.25) is 0 Å². The molecule has 98 valence electrons. The Hall–Kier alpha value is -0.840. The predicted molar refractivity (Wildman–Crippen MR) is 69.2 cm³/mol. The van der Waals surface area contributed by atoms with Crippen LogP contribution in [0.3, 0.4) is 0 Å². The Labute approximate surface area is 104 Å². The van der Waals surface area contributed by atoms with Crippen LogP contribution in [-0.2, 0) is 10.2 Å². The van der Waals surface area contributed by atoms with Crippen LogP contribution in [0, 0.1) is 0 Å². The number of hydrogen-bond donors (Lipinski definition) is 2. The Kier molecular flexibility index (Phi) is 5.68. The smallest absolute Gasteiger partial charge is 0.0593 e. The van der Waals surface area contributed by atoms with Gasteiger partial charge < -0.3 is 19.7 Å². The fourth-order valence-electron chi connectivity index (χ4n) is 1.65. The van der Waals surface area contributed by atoms with Crippen molar-refractivity contribution in [1.82, 2.24) is 9.88 Å². The number of rotatable bonds is 8. The van der Waals surface area contributed by atoms with Gasteiger partial charge in [-0.2, -0.15) is 0 Å². The Morgan fingerprint density at radius 1 is 1.41 bits per heavy atom. The highest BCUT2D eigenvalue weighted by molar-refractivity contribution is 5.16. The van der Waals surface area contributed by atoms with Gasteiger partial charge in [0.15, 0.2) is 0 Å². The molecule has 1 aromatic heterocycles. The zero-order chi connectivity index (χ0) is 12.7. The zero-order valence-corrected chi connectivity index (χ0v) is 11.1. The van der Waals surface area contributed by atoms with Gasteiger partial charge in [-0.3, -0.25) is 0 Å². The summed E-state index contributed by atoms with van der Waals surface area (Å²) in [6, 6.07) is 3.96. The largest absolute Gasteiger partial charge is 0.395 e. The molecule has 0 saturated carbocycles.